The third-order valence-electron chi connectivity index (χ3n) is 3.67. The molecule has 1 aliphatic heterocycles. The lowest BCUT2D eigenvalue weighted by molar-refractivity contribution is -0.0390. The van der Waals surface area contributed by atoms with Crippen LogP contribution in [0.1, 0.15) is 49.7 Å². The molecule has 0 bridgehead atoms. The molecule has 1 unspecified atom stereocenters. The standard InChI is InChI=1S/C16H20N2O4/c1-10(2)22-14-8-13-11(7-12(14)16(19)20)9-18(17-13)15-5-3-4-6-21-15/h7-10,15H,3-6H2,1-2H3,(H,19,20). The Balaban J connectivity index is 2.01. The lowest BCUT2D eigenvalue weighted by Crippen LogP contribution is -2.18. The van der Waals surface area contributed by atoms with E-state index in [1.807, 2.05) is 20.0 Å². The summed E-state index contributed by atoms with van der Waals surface area (Å²) < 4.78 is 13.1. The smallest absolute Gasteiger partial charge is 0.339 e. The molecule has 1 aromatic heterocycles. The lowest BCUT2D eigenvalue weighted by Gasteiger charge is -2.22. The van der Waals surface area contributed by atoms with Gasteiger partial charge in [0.1, 0.15) is 17.5 Å². The molecule has 1 N–H and O–H groups in total. The van der Waals surface area contributed by atoms with E-state index >= 15 is 0 Å². The third-order valence-corrected chi connectivity index (χ3v) is 3.67. The van der Waals surface area contributed by atoms with Gasteiger partial charge in [0.15, 0.2) is 0 Å². The van der Waals surface area contributed by atoms with Crippen LogP contribution in [0.5, 0.6) is 5.75 Å². The number of fused-ring (bicyclic) bond motifs is 1. The first-order chi connectivity index (χ1) is 10.5. The van der Waals surface area contributed by atoms with Crippen LogP contribution in [-0.4, -0.2) is 33.6 Å². The molecule has 1 fully saturated rings. The van der Waals surface area contributed by atoms with Crippen molar-refractivity contribution in [3.05, 3.63) is 23.9 Å². The van der Waals surface area contributed by atoms with Crippen LogP contribution in [0.15, 0.2) is 18.3 Å². The van der Waals surface area contributed by atoms with E-state index in [1.165, 1.54) is 0 Å². The van der Waals surface area contributed by atoms with E-state index in [4.69, 9.17) is 9.47 Å². The van der Waals surface area contributed by atoms with Gasteiger partial charge in [0.2, 0.25) is 0 Å². The SMILES string of the molecule is CC(C)Oc1cc2nn(C3CCCCO3)cc2cc1C(=O)O. The Morgan fingerprint density at radius 3 is 2.91 bits per heavy atom. The summed E-state index contributed by atoms with van der Waals surface area (Å²) in [5.41, 5.74) is 0.875. The van der Waals surface area contributed by atoms with Gasteiger partial charge in [-0.25, -0.2) is 9.48 Å². The Labute approximate surface area is 128 Å². The highest BCUT2D eigenvalue weighted by Crippen LogP contribution is 2.29. The zero-order chi connectivity index (χ0) is 15.7. The van der Waals surface area contributed by atoms with Gasteiger partial charge in [-0.1, -0.05) is 0 Å². The minimum atomic E-state index is -1.00. The molecule has 2 heterocycles. The fourth-order valence-corrected chi connectivity index (χ4v) is 2.67. The second-order valence-electron chi connectivity index (χ2n) is 5.81. The summed E-state index contributed by atoms with van der Waals surface area (Å²) >= 11 is 0. The molecular formula is C16H20N2O4. The van der Waals surface area contributed by atoms with E-state index < -0.39 is 5.97 Å². The summed E-state index contributed by atoms with van der Waals surface area (Å²) in [4.78, 5) is 11.4. The molecule has 0 spiro atoms. The van der Waals surface area contributed by atoms with Crippen molar-refractivity contribution in [3.8, 4) is 5.75 Å². The fourth-order valence-electron chi connectivity index (χ4n) is 2.67. The van der Waals surface area contributed by atoms with Gasteiger partial charge in [-0.05, 0) is 39.2 Å². The van der Waals surface area contributed by atoms with Crippen LogP contribution in [0.2, 0.25) is 0 Å². The molecule has 6 nitrogen and oxygen atoms in total. The average Bonchev–Trinajstić information content (AvgIpc) is 2.89. The topological polar surface area (TPSA) is 73.6 Å². The molecule has 6 heteroatoms. The Bertz CT molecular complexity index is 687. The quantitative estimate of drug-likeness (QED) is 0.938. The maximum absolute atomic E-state index is 11.4. The molecule has 1 aliphatic rings. The van der Waals surface area contributed by atoms with Crippen molar-refractivity contribution < 1.29 is 19.4 Å². The molecule has 0 saturated carbocycles. The van der Waals surface area contributed by atoms with E-state index in [0.717, 1.165) is 36.8 Å². The molecule has 1 aromatic carbocycles. The predicted octanol–water partition coefficient (Wildman–Crippen LogP) is 3.22. The van der Waals surface area contributed by atoms with Gasteiger partial charge in [-0.2, -0.15) is 5.10 Å². The number of nitrogens with zero attached hydrogens (tertiary/aromatic N) is 2. The molecule has 0 aliphatic carbocycles. The monoisotopic (exact) mass is 304 g/mol. The highest BCUT2D eigenvalue weighted by Gasteiger charge is 2.20. The zero-order valence-electron chi connectivity index (χ0n) is 12.8. The summed E-state index contributed by atoms with van der Waals surface area (Å²) in [5.74, 6) is -0.649. The number of rotatable bonds is 4. The van der Waals surface area contributed by atoms with Crippen LogP contribution in [-0.2, 0) is 4.74 Å². The Hall–Kier alpha value is -2.08. The van der Waals surface area contributed by atoms with E-state index in [-0.39, 0.29) is 17.9 Å². The second kappa shape index (κ2) is 5.96. The van der Waals surface area contributed by atoms with Gasteiger partial charge >= 0.3 is 5.97 Å². The summed E-state index contributed by atoms with van der Waals surface area (Å²) in [6, 6.07) is 3.31. The molecule has 0 radical (unpaired) electrons. The van der Waals surface area contributed by atoms with Crippen LogP contribution in [0.3, 0.4) is 0 Å². The van der Waals surface area contributed by atoms with E-state index in [2.05, 4.69) is 5.10 Å². The van der Waals surface area contributed by atoms with Crippen molar-refractivity contribution in [2.24, 2.45) is 0 Å². The van der Waals surface area contributed by atoms with Gasteiger partial charge in [-0.15, -0.1) is 0 Å². The number of carbonyl (C=O) groups is 1. The van der Waals surface area contributed by atoms with Crippen molar-refractivity contribution in [2.45, 2.75) is 45.4 Å². The average molecular weight is 304 g/mol. The molecule has 1 atom stereocenters. The summed E-state index contributed by atoms with van der Waals surface area (Å²) in [5, 5.41) is 14.7. The van der Waals surface area contributed by atoms with Gasteiger partial charge in [0.25, 0.3) is 0 Å². The second-order valence-corrected chi connectivity index (χ2v) is 5.81. The molecule has 118 valence electrons. The first kappa shape index (κ1) is 14.8. The summed E-state index contributed by atoms with van der Waals surface area (Å²) in [7, 11) is 0. The Morgan fingerprint density at radius 1 is 1.45 bits per heavy atom. The minimum Gasteiger partial charge on any atom is -0.490 e. The Kier molecular flexibility index (Phi) is 4.02. The van der Waals surface area contributed by atoms with E-state index in [0.29, 0.717) is 5.75 Å². The van der Waals surface area contributed by atoms with Crippen LogP contribution < -0.4 is 4.74 Å². The van der Waals surface area contributed by atoms with Gasteiger partial charge in [-0.3, -0.25) is 0 Å². The van der Waals surface area contributed by atoms with Crippen LogP contribution in [0, 0.1) is 0 Å². The Morgan fingerprint density at radius 2 is 2.27 bits per heavy atom. The molecule has 22 heavy (non-hydrogen) atoms. The number of aromatic nitrogens is 2. The molecule has 2 aromatic rings. The summed E-state index contributed by atoms with van der Waals surface area (Å²) in [6.45, 7) is 4.47. The maximum atomic E-state index is 11.4. The van der Waals surface area contributed by atoms with Gasteiger partial charge < -0.3 is 14.6 Å². The number of hydrogen-bond acceptors (Lipinski definition) is 4. The zero-order valence-corrected chi connectivity index (χ0v) is 12.8. The van der Waals surface area contributed by atoms with Crippen molar-refractivity contribution >= 4 is 16.9 Å². The van der Waals surface area contributed by atoms with Crippen molar-refractivity contribution in [1.82, 2.24) is 9.78 Å². The largest absolute Gasteiger partial charge is 0.490 e. The van der Waals surface area contributed by atoms with Crippen LogP contribution in [0.4, 0.5) is 0 Å². The number of hydrogen-bond donors (Lipinski definition) is 1. The fraction of sp³-hybridized carbons (Fsp3) is 0.500. The molecule has 0 amide bonds. The minimum absolute atomic E-state index is 0.0658. The van der Waals surface area contributed by atoms with Crippen LogP contribution >= 0.6 is 0 Å². The molecular weight excluding hydrogens is 284 g/mol. The highest BCUT2D eigenvalue weighted by atomic mass is 16.5. The number of ether oxygens (including phenoxy) is 2. The molecule has 3 rings (SSSR count). The highest BCUT2D eigenvalue weighted by molar-refractivity contribution is 5.96. The van der Waals surface area contributed by atoms with E-state index in [9.17, 15) is 9.90 Å². The molecule has 1 saturated heterocycles. The maximum Gasteiger partial charge on any atom is 0.339 e. The van der Waals surface area contributed by atoms with Crippen LogP contribution in [0.25, 0.3) is 10.9 Å². The number of carboxylic acids is 1. The number of carboxylic acid groups (broad SMARTS) is 1. The lowest BCUT2D eigenvalue weighted by atomic mass is 10.1. The number of aromatic carboxylic acids is 1. The first-order valence-electron chi connectivity index (χ1n) is 7.59. The summed E-state index contributed by atoms with van der Waals surface area (Å²) in [6.07, 6.45) is 4.80. The van der Waals surface area contributed by atoms with Crippen molar-refractivity contribution in [2.75, 3.05) is 6.61 Å². The first-order valence-corrected chi connectivity index (χ1v) is 7.59. The van der Waals surface area contributed by atoms with Crippen molar-refractivity contribution in [3.63, 3.8) is 0 Å². The van der Waals surface area contributed by atoms with Gasteiger partial charge in [0, 0.05) is 24.3 Å². The van der Waals surface area contributed by atoms with E-state index in [1.54, 1.807) is 16.8 Å². The van der Waals surface area contributed by atoms with Crippen molar-refractivity contribution in [1.29, 1.82) is 0 Å². The normalized spacial score (nSPS) is 18.8. The number of benzene rings is 1. The third kappa shape index (κ3) is 2.92. The van der Waals surface area contributed by atoms with Gasteiger partial charge in [0.05, 0.1) is 11.6 Å². The predicted molar refractivity (Wildman–Crippen MR) is 81.3 cm³/mol.